The number of hydrogen-bond donors (Lipinski definition) is 1. The number of halogens is 1. The maximum Gasteiger partial charge on any atom is 0.0659 e. The van der Waals surface area contributed by atoms with E-state index in [0.717, 1.165) is 13.2 Å². The van der Waals surface area contributed by atoms with E-state index in [0.29, 0.717) is 12.1 Å². The van der Waals surface area contributed by atoms with Crippen molar-refractivity contribution in [1.82, 2.24) is 5.32 Å². The van der Waals surface area contributed by atoms with Crippen molar-refractivity contribution >= 4 is 33.9 Å². The first-order chi connectivity index (χ1) is 9.33. The largest absolute Gasteiger partial charge is 0.377 e. The normalized spacial score (nSPS) is 23.7. The highest BCUT2D eigenvalue weighted by molar-refractivity contribution is 14.1. The standard InChI is InChI=1S/C15H22INOS/c16-15-10-12-13(6-3-7-14(12)19-15)17-8-9-18-11-4-1-2-5-11/h10-11,13,17H,1-9H2. The molecule has 0 bridgehead atoms. The molecule has 0 spiro atoms. The third-order valence-corrected chi connectivity index (χ3v) is 6.20. The Kier molecular flexibility index (Phi) is 5.17. The van der Waals surface area contributed by atoms with Crippen LogP contribution in [0.2, 0.25) is 0 Å². The maximum atomic E-state index is 5.93. The van der Waals surface area contributed by atoms with Crippen LogP contribution in [0.5, 0.6) is 0 Å². The van der Waals surface area contributed by atoms with Crippen LogP contribution in [0.4, 0.5) is 0 Å². The van der Waals surface area contributed by atoms with Crippen molar-refractivity contribution in [3.8, 4) is 0 Å². The molecule has 1 saturated carbocycles. The lowest BCUT2D eigenvalue weighted by molar-refractivity contribution is 0.0588. The third-order valence-electron chi connectivity index (χ3n) is 4.23. The molecule has 0 amide bonds. The van der Waals surface area contributed by atoms with Gasteiger partial charge in [-0.2, -0.15) is 0 Å². The Bertz CT molecular complexity index is 414. The van der Waals surface area contributed by atoms with Crippen LogP contribution in [0, 0.1) is 2.88 Å². The van der Waals surface area contributed by atoms with Crippen molar-refractivity contribution in [3.63, 3.8) is 0 Å². The Morgan fingerprint density at radius 3 is 2.95 bits per heavy atom. The molecule has 1 heterocycles. The van der Waals surface area contributed by atoms with Crippen molar-refractivity contribution in [2.24, 2.45) is 0 Å². The fraction of sp³-hybridized carbons (Fsp3) is 0.733. The smallest absolute Gasteiger partial charge is 0.0659 e. The number of aryl methyl sites for hydroxylation is 1. The number of hydrogen-bond acceptors (Lipinski definition) is 3. The van der Waals surface area contributed by atoms with E-state index < -0.39 is 0 Å². The third kappa shape index (κ3) is 3.71. The minimum Gasteiger partial charge on any atom is -0.377 e. The topological polar surface area (TPSA) is 21.3 Å². The molecule has 19 heavy (non-hydrogen) atoms. The van der Waals surface area contributed by atoms with Gasteiger partial charge in [0.25, 0.3) is 0 Å². The molecule has 1 aromatic rings. The molecule has 2 aliphatic carbocycles. The summed E-state index contributed by atoms with van der Waals surface area (Å²) in [5, 5.41) is 3.69. The summed E-state index contributed by atoms with van der Waals surface area (Å²) in [7, 11) is 0. The number of thiophene rings is 1. The molecule has 0 radical (unpaired) electrons. The van der Waals surface area contributed by atoms with Crippen LogP contribution in [-0.4, -0.2) is 19.3 Å². The molecule has 1 unspecified atom stereocenters. The van der Waals surface area contributed by atoms with Gasteiger partial charge in [-0.15, -0.1) is 11.3 Å². The van der Waals surface area contributed by atoms with Gasteiger partial charge >= 0.3 is 0 Å². The number of ether oxygens (including phenoxy) is 1. The lowest BCUT2D eigenvalue weighted by Crippen LogP contribution is -2.28. The summed E-state index contributed by atoms with van der Waals surface area (Å²) in [4.78, 5) is 1.60. The molecule has 1 atom stereocenters. The molecule has 106 valence electrons. The van der Waals surface area contributed by atoms with E-state index in [1.165, 1.54) is 47.8 Å². The van der Waals surface area contributed by atoms with Gasteiger partial charge in [0.05, 0.1) is 15.6 Å². The summed E-state index contributed by atoms with van der Waals surface area (Å²) in [6.45, 7) is 1.87. The highest BCUT2D eigenvalue weighted by Gasteiger charge is 2.22. The zero-order valence-corrected chi connectivity index (χ0v) is 14.3. The predicted octanol–water partition coefficient (Wildman–Crippen LogP) is 4.28. The first kappa shape index (κ1) is 14.3. The molecule has 4 heteroatoms. The highest BCUT2D eigenvalue weighted by Crippen LogP contribution is 2.36. The van der Waals surface area contributed by atoms with E-state index in [1.807, 2.05) is 11.3 Å². The maximum absolute atomic E-state index is 5.93. The Morgan fingerprint density at radius 2 is 2.11 bits per heavy atom. The molecular formula is C15H22INOS. The van der Waals surface area contributed by atoms with Crippen molar-refractivity contribution in [1.29, 1.82) is 0 Å². The molecule has 0 aliphatic heterocycles. The summed E-state index contributed by atoms with van der Waals surface area (Å²) in [6.07, 6.45) is 9.70. The first-order valence-electron chi connectivity index (χ1n) is 7.46. The summed E-state index contributed by atoms with van der Waals surface area (Å²) < 4.78 is 7.35. The number of nitrogens with one attached hydrogen (secondary N) is 1. The SMILES string of the molecule is Ic1cc2c(s1)CCCC2NCCOC1CCCC1. The fourth-order valence-corrected chi connectivity index (χ4v) is 5.37. The lowest BCUT2D eigenvalue weighted by Gasteiger charge is -2.24. The van der Waals surface area contributed by atoms with Gasteiger partial charge < -0.3 is 10.1 Å². The number of rotatable bonds is 5. The van der Waals surface area contributed by atoms with E-state index >= 15 is 0 Å². The van der Waals surface area contributed by atoms with Crippen LogP contribution in [0.1, 0.15) is 55.0 Å². The zero-order chi connectivity index (χ0) is 13.1. The lowest BCUT2D eigenvalue weighted by atomic mass is 9.94. The van der Waals surface area contributed by atoms with E-state index in [4.69, 9.17) is 4.74 Å². The van der Waals surface area contributed by atoms with Gasteiger partial charge in [0.15, 0.2) is 0 Å². The van der Waals surface area contributed by atoms with Gasteiger partial charge in [-0.25, -0.2) is 0 Å². The Balaban J connectivity index is 1.45. The van der Waals surface area contributed by atoms with Crippen LogP contribution in [0.15, 0.2) is 6.07 Å². The summed E-state index contributed by atoms with van der Waals surface area (Å²) >= 11 is 4.42. The monoisotopic (exact) mass is 391 g/mol. The predicted molar refractivity (Wildman–Crippen MR) is 88.9 cm³/mol. The minimum absolute atomic E-state index is 0.547. The van der Waals surface area contributed by atoms with Crippen LogP contribution >= 0.6 is 33.9 Å². The summed E-state index contributed by atoms with van der Waals surface area (Å²) in [5.74, 6) is 0. The summed E-state index contributed by atoms with van der Waals surface area (Å²) in [6, 6.07) is 2.94. The van der Waals surface area contributed by atoms with Gasteiger partial charge in [0.2, 0.25) is 0 Å². The van der Waals surface area contributed by atoms with Crippen molar-refractivity contribution in [2.75, 3.05) is 13.2 Å². The molecule has 3 rings (SSSR count). The van der Waals surface area contributed by atoms with Crippen molar-refractivity contribution in [3.05, 3.63) is 19.4 Å². The molecule has 0 aromatic carbocycles. The molecule has 1 fully saturated rings. The number of fused-ring (bicyclic) bond motifs is 1. The second kappa shape index (κ2) is 6.87. The minimum atomic E-state index is 0.547. The van der Waals surface area contributed by atoms with Gasteiger partial charge in [0, 0.05) is 17.5 Å². The van der Waals surface area contributed by atoms with Crippen LogP contribution < -0.4 is 5.32 Å². The Labute approximate surface area is 133 Å². The van der Waals surface area contributed by atoms with Gasteiger partial charge in [-0.1, -0.05) is 12.8 Å². The second-order valence-corrected chi connectivity index (χ2v) is 8.64. The fourth-order valence-electron chi connectivity index (χ4n) is 3.25. The van der Waals surface area contributed by atoms with E-state index in [9.17, 15) is 0 Å². The van der Waals surface area contributed by atoms with Gasteiger partial charge in [0.1, 0.15) is 0 Å². The van der Waals surface area contributed by atoms with Crippen LogP contribution in [0.3, 0.4) is 0 Å². The zero-order valence-electron chi connectivity index (χ0n) is 11.3. The van der Waals surface area contributed by atoms with Crippen LogP contribution in [-0.2, 0) is 11.2 Å². The quantitative estimate of drug-likeness (QED) is 0.598. The highest BCUT2D eigenvalue weighted by atomic mass is 127. The molecule has 2 aliphatic rings. The van der Waals surface area contributed by atoms with Crippen molar-refractivity contribution < 1.29 is 4.74 Å². The van der Waals surface area contributed by atoms with Crippen LogP contribution in [0.25, 0.3) is 0 Å². The van der Waals surface area contributed by atoms with E-state index in [-0.39, 0.29) is 0 Å². The average Bonchev–Trinajstić information content (AvgIpc) is 3.02. The summed E-state index contributed by atoms with van der Waals surface area (Å²) in [5.41, 5.74) is 1.56. The Morgan fingerprint density at radius 1 is 1.26 bits per heavy atom. The molecular weight excluding hydrogens is 369 g/mol. The Hall–Kier alpha value is 0.350. The second-order valence-electron chi connectivity index (χ2n) is 5.61. The first-order valence-corrected chi connectivity index (χ1v) is 9.35. The molecule has 2 nitrogen and oxygen atoms in total. The van der Waals surface area contributed by atoms with Gasteiger partial charge in [-0.05, 0) is 66.3 Å². The molecule has 0 saturated heterocycles. The van der Waals surface area contributed by atoms with Gasteiger partial charge in [-0.3, -0.25) is 0 Å². The van der Waals surface area contributed by atoms with E-state index in [1.54, 1.807) is 10.4 Å². The van der Waals surface area contributed by atoms with E-state index in [2.05, 4.69) is 34.0 Å². The van der Waals surface area contributed by atoms with Crippen molar-refractivity contribution in [2.45, 2.75) is 57.1 Å². The average molecular weight is 391 g/mol. The molecule has 1 aromatic heterocycles. The molecule has 1 N–H and O–H groups in total.